The molecule has 1 heterocycles. The summed E-state index contributed by atoms with van der Waals surface area (Å²) in [5, 5.41) is -0.189. The first-order valence-electron chi connectivity index (χ1n) is 6.48. The lowest BCUT2D eigenvalue weighted by atomic mass is 10.1. The molecule has 1 aromatic heterocycles. The molecule has 0 saturated carbocycles. The van der Waals surface area contributed by atoms with E-state index in [0.717, 1.165) is 4.90 Å². The van der Waals surface area contributed by atoms with Crippen LogP contribution in [0.5, 0.6) is 11.5 Å². The van der Waals surface area contributed by atoms with Gasteiger partial charge in [-0.2, -0.15) is 0 Å². The number of carbonyl (C=O) groups is 1. The van der Waals surface area contributed by atoms with Gasteiger partial charge in [-0.05, 0) is 37.3 Å². The van der Waals surface area contributed by atoms with E-state index in [4.69, 9.17) is 9.47 Å². The Hall–Kier alpha value is -2.01. The van der Waals surface area contributed by atoms with Gasteiger partial charge in [0.1, 0.15) is 0 Å². The quantitative estimate of drug-likeness (QED) is 0.604. The number of hydrogen-bond acceptors (Lipinski definition) is 5. The van der Waals surface area contributed by atoms with E-state index in [1.807, 2.05) is 19.1 Å². The molecule has 0 radical (unpaired) electrons. The number of thioether (sulfide) groups is 1. The summed E-state index contributed by atoms with van der Waals surface area (Å²) in [6, 6.07) is 9.00. The summed E-state index contributed by atoms with van der Waals surface area (Å²) < 4.78 is 10.4. The number of pyridine rings is 1. The van der Waals surface area contributed by atoms with E-state index in [1.54, 1.807) is 44.8 Å². The molecule has 1 atom stereocenters. The SMILES string of the molecule is COc1ccc(C(=O)[C@@H](C)Sc2ccncc2)cc1OC. The molecule has 1 aromatic carbocycles. The summed E-state index contributed by atoms with van der Waals surface area (Å²) in [4.78, 5) is 17.5. The van der Waals surface area contributed by atoms with Gasteiger partial charge in [-0.3, -0.25) is 9.78 Å². The second-order valence-electron chi connectivity index (χ2n) is 4.38. The third-order valence-corrected chi connectivity index (χ3v) is 4.11. The molecule has 0 fully saturated rings. The molecule has 0 aliphatic rings. The molecular formula is C16H17NO3S. The molecule has 2 aromatic rings. The molecule has 5 heteroatoms. The van der Waals surface area contributed by atoms with Crippen molar-refractivity contribution in [1.29, 1.82) is 0 Å². The normalized spacial score (nSPS) is 11.8. The van der Waals surface area contributed by atoms with Crippen LogP contribution >= 0.6 is 11.8 Å². The number of benzene rings is 1. The van der Waals surface area contributed by atoms with Gasteiger partial charge in [-0.1, -0.05) is 0 Å². The van der Waals surface area contributed by atoms with Crippen molar-refractivity contribution >= 4 is 17.5 Å². The highest BCUT2D eigenvalue weighted by Gasteiger charge is 2.18. The summed E-state index contributed by atoms with van der Waals surface area (Å²) in [5.41, 5.74) is 0.613. The van der Waals surface area contributed by atoms with Crippen molar-refractivity contribution in [3.63, 3.8) is 0 Å². The lowest BCUT2D eigenvalue weighted by Gasteiger charge is -2.12. The molecule has 110 valence electrons. The highest BCUT2D eigenvalue weighted by Crippen LogP contribution is 2.30. The molecule has 0 bridgehead atoms. The Morgan fingerprint density at radius 3 is 2.38 bits per heavy atom. The van der Waals surface area contributed by atoms with Gasteiger partial charge in [-0.25, -0.2) is 0 Å². The zero-order valence-corrected chi connectivity index (χ0v) is 13.0. The van der Waals surface area contributed by atoms with Crippen LogP contribution in [-0.2, 0) is 0 Å². The molecule has 0 unspecified atom stereocenters. The van der Waals surface area contributed by atoms with E-state index in [2.05, 4.69) is 4.98 Å². The number of hydrogen-bond donors (Lipinski definition) is 0. The average Bonchev–Trinajstić information content (AvgIpc) is 2.54. The predicted octanol–water partition coefficient (Wildman–Crippen LogP) is 3.46. The molecule has 0 aliphatic heterocycles. The molecular weight excluding hydrogens is 286 g/mol. The summed E-state index contributed by atoms with van der Waals surface area (Å²) in [6.45, 7) is 1.89. The minimum Gasteiger partial charge on any atom is -0.493 e. The van der Waals surface area contributed by atoms with Gasteiger partial charge in [0.05, 0.1) is 19.5 Å². The Labute approximate surface area is 128 Å². The maximum absolute atomic E-state index is 12.5. The van der Waals surface area contributed by atoms with Crippen LogP contribution in [0.1, 0.15) is 17.3 Å². The number of methoxy groups -OCH3 is 2. The Kier molecular flexibility index (Phi) is 5.22. The average molecular weight is 303 g/mol. The van der Waals surface area contributed by atoms with Gasteiger partial charge >= 0.3 is 0 Å². The smallest absolute Gasteiger partial charge is 0.176 e. The molecule has 0 spiro atoms. The summed E-state index contributed by atoms with van der Waals surface area (Å²) in [6.07, 6.45) is 3.44. The van der Waals surface area contributed by atoms with Crippen LogP contribution in [-0.4, -0.2) is 30.2 Å². The number of aromatic nitrogens is 1. The fraction of sp³-hybridized carbons (Fsp3) is 0.250. The van der Waals surface area contributed by atoms with Gasteiger partial charge in [0, 0.05) is 22.9 Å². The highest BCUT2D eigenvalue weighted by molar-refractivity contribution is 8.00. The van der Waals surface area contributed by atoms with Crippen LogP contribution in [0.4, 0.5) is 0 Å². The zero-order chi connectivity index (χ0) is 15.2. The van der Waals surface area contributed by atoms with Crippen LogP contribution in [0, 0.1) is 0 Å². The largest absolute Gasteiger partial charge is 0.493 e. The minimum atomic E-state index is -0.189. The Morgan fingerprint density at radius 1 is 1.10 bits per heavy atom. The van der Waals surface area contributed by atoms with E-state index in [0.29, 0.717) is 17.1 Å². The van der Waals surface area contributed by atoms with Crippen LogP contribution < -0.4 is 9.47 Å². The van der Waals surface area contributed by atoms with Crippen molar-refractivity contribution in [3.8, 4) is 11.5 Å². The molecule has 0 saturated heterocycles. The van der Waals surface area contributed by atoms with Crippen LogP contribution in [0.25, 0.3) is 0 Å². The third kappa shape index (κ3) is 3.76. The number of nitrogens with zero attached hydrogens (tertiary/aromatic N) is 1. The van der Waals surface area contributed by atoms with E-state index in [9.17, 15) is 4.79 Å². The van der Waals surface area contributed by atoms with E-state index in [1.165, 1.54) is 11.8 Å². The van der Waals surface area contributed by atoms with Gasteiger partial charge in [-0.15, -0.1) is 11.8 Å². The second kappa shape index (κ2) is 7.13. The van der Waals surface area contributed by atoms with Crippen molar-refractivity contribution < 1.29 is 14.3 Å². The fourth-order valence-corrected chi connectivity index (χ4v) is 2.83. The number of Topliss-reactive ketones (excluding diaryl/α,β-unsaturated/α-hetero) is 1. The number of carbonyl (C=O) groups excluding carboxylic acids is 1. The van der Waals surface area contributed by atoms with E-state index < -0.39 is 0 Å². The van der Waals surface area contributed by atoms with Gasteiger partial charge < -0.3 is 9.47 Å². The standard InChI is InChI=1S/C16H17NO3S/c1-11(21-13-6-8-17-9-7-13)16(18)12-4-5-14(19-2)15(10-12)20-3/h4-11H,1-3H3/t11-/m1/s1. The van der Waals surface area contributed by atoms with Gasteiger partial charge in [0.15, 0.2) is 17.3 Å². The molecule has 0 aliphatic carbocycles. The summed E-state index contributed by atoms with van der Waals surface area (Å²) >= 11 is 1.51. The Bertz CT molecular complexity index is 616. The van der Waals surface area contributed by atoms with E-state index in [-0.39, 0.29) is 11.0 Å². The molecule has 0 amide bonds. The topological polar surface area (TPSA) is 48.4 Å². The fourth-order valence-electron chi connectivity index (χ4n) is 1.90. The lowest BCUT2D eigenvalue weighted by molar-refractivity contribution is 0.0993. The Balaban J connectivity index is 2.15. The predicted molar refractivity (Wildman–Crippen MR) is 83.4 cm³/mol. The maximum atomic E-state index is 12.5. The number of ketones is 1. The molecule has 0 N–H and O–H groups in total. The second-order valence-corrected chi connectivity index (χ2v) is 5.79. The summed E-state index contributed by atoms with van der Waals surface area (Å²) in [7, 11) is 3.13. The Morgan fingerprint density at radius 2 is 1.76 bits per heavy atom. The number of ether oxygens (including phenoxy) is 2. The van der Waals surface area contributed by atoms with Crippen molar-refractivity contribution in [2.75, 3.05) is 14.2 Å². The third-order valence-electron chi connectivity index (χ3n) is 3.00. The maximum Gasteiger partial charge on any atom is 0.176 e. The molecule has 21 heavy (non-hydrogen) atoms. The van der Waals surface area contributed by atoms with Crippen LogP contribution in [0.15, 0.2) is 47.6 Å². The minimum absolute atomic E-state index is 0.0535. The lowest BCUT2D eigenvalue weighted by Crippen LogP contribution is -2.13. The molecule has 2 rings (SSSR count). The van der Waals surface area contributed by atoms with Crippen LogP contribution in [0.3, 0.4) is 0 Å². The van der Waals surface area contributed by atoms with Crippen molar-refractivity contribution in [3.05, 3.63) is 48.3 Å². The van der Waals surface area contributed by atoms with Gasteiger partial charge in [0.2, 0.25) is 0 Å². The van der Waals surface area contributed by atoms with Crippen molar-refractivity contribution in [2.45, 2.75) is 17.1 Å². The first-order chi connectivity index (χ1) is 10.2. The van der Waals surface area contributed by atoms with E-state index >= 15 is 0 Å². The van der Waals surface area contributed by atoms with Crippen molar-refractivity contribution in [2.24, 2.45) is 0 Å². The van der Waals surface area contributed by atoms with Crippen LogP contribution in [0.2, 0.25) is 0 Å². The summed E-state index contributed by atoms with van der Waals surface area (Å²) in [5.74, 6) is 1.23. The monoisotopic (exact) mass is 303 g/mol. The zero-order valence-electron chi connectivity index (χ0n) is 12.2. The highest BCUT2D eigenvalue weighted by atomic mass is 32.2. The van der Waals surface area contributed by atoms with Crippen molar-refractivity contribution in [1.82, 2.24) is 4.98 Å². The first kappa shape index (κ1) is 15.4. The number of rotatable bonds is 6. The van der Waals surface area contributed by atoms with Gasteiger partial charge in [0.25, 0.3) is 0 Å². The first-order valence-corrected chi connectivity index (χ1v) is 7.36. The molecule has 4 nitrogen and oxygen atoms in total.